The molecule has 2 unspecified atom stereocenters. The molecule has 0 spiro atoms. The number of carbonyl (C=O) groups excluding carboxylic acids is 2. The minimum Gasteiger partial charge on any atom is -0.345 e. The van der Waals surface area contributed by atoms with Gasteiger partial charge in [-0.25, -0.2) is 23.1 Å². The molecule has 2 aromatic rings. The molecule has 3 atom stereocenters. The minimum atomic E-state index is -4.64. The SMILES string of the molecule is O=C([C@@H]1CC2(F)CC1C2)N1CCC(F)(F)CC1c1ccc2[nH]c(C(NC(=O)C3(C(F)(F)F)CC3)C(C3CC3)C3CC3)nc2n1. The highest BCUT2D eigenvalue weighted by atomic mass is 19.4. The van der Waals surface area contributed by atoms with Crippen molar-refractivity contribution in [3.05, 3.63) is 23.7 Å². The number of carbonyl (C=O) groups is 2. The fraction of sp³-hybridized carbons (Fsp3) is 0.742. The summed E-state index contributed by atoms with van der Waals surface area (Å²) in [6.07, 6.45) is -1.68. The molecule has 2 bridgehead atoms. The monoisotopic (exact) mass is 623 g/mol. The largest absolute Gasteiger partial charge is 0.403 e. The Hall–Kier alpha value is -2.86. The Morgan fingerprint density at radius 3 is 2.20 bits per heavy atom. The summed E-state index contributed by atoms with van der Waals surface area (Å²) in [4.78, 5) is 40.5. The average Bonchev–Trinajstić information content (AvgIpc) is 3.85. The van der Waals surface area contributed by atoms with E-state index in [9.17, 15) is 35.9 Å². The summed E-state index contributed by atoms with van der Waals surface area (Å²) in [5.74, 6) is -4.14. The molecule has 13 heteroatoms. The first kappa shape index (κ1) is 28.6. The first-order chi connectivity index (χ1) is 20.8. The summed E-state index contributed by atoms with van der Waals surface area (Å²) in [6.45, 7) is -0.163. The Labute approximate surface area is 249 Å². The molecule has 7 fully saturated rings. The zero-order chi connectivity index (χ0) is 30.8. The molecule has 6 saturated carbocycles. The van der Waals surface area contributed by atoms with Crippen LogP contribution in [0.1, 0.15) is 94.2 Å². The molecule has 6 aliphatic carbocycles. The number of imidazole rings is 1. The highest BCUT2D eigenvalue weighted by molar-refractivity contribution is 5.86. The van der Waals surface area contributed by atoms with Crippen LogP contribution in [0.15, 0.2) is 12.1 Å². The second-order valence-corrected chi connectivity index (χ2v) is 14.5. The van der Waals surface area contributed by atoms with E-state index in [0.717, 1.165) is 25.7 Å². The summed E-state index contributed by atoms with van der Waals surface area (Å²) >= 11 is 0. The van der Waals surface area contributed by atoms with Gasteiger partial charge in [0.1, 0.15) is 16.9 Å². The van der Waals surface area contributed by atoms with Crippen LogP contribution in [-0.2, 0) is 9.59 Å². The molecule has 1 aliphatic heterocycles. The number of H-pyrrole nitrogens is 1. The molecule has 44 heavy (non-hydrogen) atoms. The smallest absolute Gasteiger partial charge is 0.345 e. The second kappa shape index (κ2) is 9.34. The standard InChI is InChI=1S/C31H35F6N5O2/c32-28-11-17(12-28)18(13-28)26(43)42-10-9-30(33,34)14-21(42)19-5-6-20-24(38-19)41-25(39-20)23(22(15-1-2-15)16-3-4-16)40-27(44)29(7-8-29)31(35,36)37/h5-6,15-18,21-23H,1-4,7-14H2,(H,40,44)(H,38,39,41)/t17?,18-,21?,23?,28?/m1/s1. The highest BCUT2D eigenvalue weighted by Gasteiger charge is 2.69. The van der Waals surface area contributed by atoms with Crippen molar-refractivity contribution in [2.24, 2.45) is 35.0 Å². The number of nitrogens with one attached hydrogen (secondary N) is 2. The van der Waals surface area contributed by atoms with Gasteiger partial charge in [-0.2, -0.15) is 13.2 Å². The van der Waals surface area contributed by atoms with E-state index in [2.05, 4.69) is 20.3 Å². The van der Waals surface area contributed by atoms with Gasteiger partial charge in [-0.05, 0) is 93.6 Å². The van der Waals surface area contributed by atoms with Gasteiger partial charge in [-0.3, -0.25) is 9.59 Å². The molecular weight excluding hydrogens is 588 g/mol. The zero-order valence-corrected chi connectivity index (χ0v) is 24.1. The third kappa shape index (κ3) is 4.69. The fourth-order valence-electron chi connectivity index (χ4n) is 8.40. The lowest BCUT2D eigenvalue weighted by atomic mass is 9.80. The van der Waals surface area contributed by atoms with Gasteiger partial charge in [0.15, 0.2) is 5.65 Å². The van der Waals surface area contributed by atoms with Gasteiger partial charge in [-0.1, -0.05) is 0 Å². The first-order valence-electron chi connectivity index (χ1n) is 15.9. The van der Waals surface area contributed by atoms with Crippen LogP contribution in [0.4, 0.5) is 26.3 Å². The normalized spacial score (nSPS) is 32.9. The molecule has 3 heterocycles. The van der Waals surface area contributed by atoms with Crippen LogP contribution in [0.5, 0.6) is 0 Å². The number of halogens is 6. The lowest BCUT2D eigenvalue weighted by Gasteiger charge is -2.40. The van der Waals surface area contributed by atoms with E-state index in [1.165, 1.54) is 4.90 Å². The van der Waals surface area contributed by atoms with E-state index in [1.54, 1.807) is 12.1 Å². The van der Waals surface area contributed by atoms with Crippen LogP contribution in [0.3, 0.4) is 0 Å². The lowest BCUT2D eigenvalue weighted by molar-refractivity contribution is -0.193. The number of rotatable bonds is 8. The fourth-order valence-corrected chi connectivity index (χ4v) is 8.40. The average molecular weight is 624 g/mol. The molecule has 7 aliphatic rings. The Balaban J connectivity index is 1.11. The Morgan fingerprint density at radius 1 is 0.955 bits per heavy atom. The number of alkyl halides is 6. The van der Waals surface area contributed by atoms with Crippen LogP contribution in [-0.4, -0.2) is 56.0 Å². The number of amides is 2. The third-order valence-electron chi connectivity index (χ3n) is 11.4. The predicted octanol–water partition coefficient (Wildman–Crippen LogP) is 6.33. The summed E-state index contributed by atoms with van der Waals surface area (Å²) in [5.41, 5.74) is -2.82. The number of aromatic amines is 1. The van der Waals surface area contributed by atoms with E-state index in [4.69, 9.17) is 0 Å². The quantitative estimate of drug-likeness (QED) is 0.337. The van der Waals surface area contributed by atoms with E-state index >= 15 is 0 Å². The minimum absolute atomic E-state index is 0.0647. The summed E-state index contributed by atoms with van der Waals surface area (Å²) in [7, 11) is 0. The van der Waals surface area contributed by atoms with Crippen molar-refractivity contribution in [2.75, 3.05) is 6.54 Å². The molecule has 238 valence electrons. The lowest BCUT2D eigenvalue weighted by Crippen LogP contribution is -2.47. The van der Waals surface area contributed by atoms with Crippen molar-refractivity contribution in [1.82, 2.24) is 25.2 Å². The maximum absolute atomic E-state index is 14.7. The van der Waals surface area contributed by atoms with Crippen LogP contribution < -0.4 is 5.32 Å². The van der Waals surface area contributed by atoms with Crippen LogP contribution in [0.25, 0.3) is 11.2 Å². The van der Waals surface area contributed by atoms with Crippen molar-refractivity contribution in [2.45, 2.75) is 100 Å². The number of pyridine rings is 1. The molecule has 1 saturated heterocycles. The number of likely N-dealkylation sites (tertiary alicyclic amines) is 1. The van der Waals surface area contributed by atoms with E-state index in [-0.39, 0.29) is 66.7 Å². The molecule has 2 amide bonds. The van der Waals surface area contributed by atoms with Gasteiger partial charge in [0.05, 0.1) is 23.3 Å². The van der Waals surface area contributed by atoms with E-state index < -0.39 is 59.9 Å². The Bertz CT molecular complexity index is 1490. The van der Waals surface area contributed by atoms with Crippen molar-refractivity contribution in [3.63, 3.8) is 0 Å². The summed E-state index contributed by atoms with van der Waals surface area (Å²) in [5, 5.41) is 2.74. The first-order valence-corrected chi connectivity index (χ1v) is 15.9. The molecule has 7 nitrogen and oxygen atoms in total. The van der Waals surface area contributed by atoms with Crippen LogP contribution in [0, 0.1) is 35.0 Å². The molecule has 2 aromatic heterocycles. The maximum atomic E-state index is 14.7. The van der Waals surface area contributed by atoms with Gasteiger partial charge in [0, 0.05) is 25.3 Å². The van der Waals surface area contributed by atoms with Gasteiger partial charge in [0.25, 0.3) is 5.92 Å². The van der Waals surface area contributed by atoms with Gasteiger partial charge >= 0.3 is 6.18 Å². The van der Waals surface area contributed by atoms with Crippen molar-refractivity contribution in [1.29, 1.82) is 0 Å². The van der Waals surface area contributed by atoms with Crippen molar-refractivity contribution < 1.29 is 35.9 Å². The molecule has 0 radical (unpaired) electrons. The summed E-state index contributed by atoms with van der Waals surface area (Å²) < 4.78 is 85.5. The van der Waals surface area contributed by atoms with Gasteiger partial charge in [-0.15, -0.1) is 0 Å². The molecular formula is C31H35F6N5O2. The Kier molecular flexibility index (Phi) is 6.07. The van der Waals surface area contributed by atoms with Gasteiger partial charge < -0.3 is 15.2 Å². The zero-order valence-electron chi connectivity index (χ0n) is 24.1. The Morgan fingerprint density at radius 2 is 1.64 bits per heavy atom. The van der Waals surface area contributed by atoms with Crippen molar-refractivity contribution in [3.8, 4) is 0 Å². The molecule has 9 rings (SSSR count). The molecule has 0 aromatic carbocycles. The van der Waals surface area contributed by atoms with Gasteiger partial charge in [0.2, 0.25) is 11.8 Å². The second-order valence-electron chi connectivity index (χ2n) is 14.5. The highest BCUT2D eigenvalue weighted by Crippen LogP contribution is 2.60. The topological polar surface area (TPSA) is 91.0 Å². The number of fused-ring (bicyclic) bond motifs is 2. The number of hydrogen-bond acceptors (Lipinski definition) is 4. The number of aromatic nitrogens is 3. The summed E-state index contributed by atoms with van der Waals surface area (Å²) in [6, 6.07) is 1.41. The molecule has 2 N–H and O–H groups in total. The van der Waals surface area contributed by atoms with Crippen molar-refractivity contribution >= 4 is 23.0 Å². The van der Waals surface area contributed by atoms with E-state index in [1.807, 2.05) is 0 Å². The van der Waals surface area contributed by atoms with Crippen LogP contribution >= 0.6 is 0 Å². The van der Waals surface area contributed by atoms with E-state index in [0.29, 0.717) is 24.2 Å². The predicted molar refractivity (Wildman–Crippen MR) is 145 cm³/mol. The third-order valence-corrected chi connectivity index (χ3v) is 11.4. The number of nitrogens with zero attached hydrogens (tertiary/aromatic N) is 3. The van der Waals surface area contributed by atoms with Crippen LogP contribution in [0.2, 0.25) is 0 Å². The number of piperidine rings is 1. The maximum Gasteiger partial charge on any atom is 0.403 e. The number of hydrogen-bond donors (Lipinski definition) is 2.